The van der Waals surface area contributed by atoms with E-state index >= 15 is 0 Å². The molecule has 3 nitrogen and oxygen atoms in total. The Morgan fingerprint density at radius 3 is 2.44 bits per heavy atom. The van der Waals surface area contributed by atoms with Crippen LogP contribution in [0.25, 0.3) is 0 Å². The third kappa shape index (κ3) is 5.13. The minimum Gasteiger partial charge on any atom is -0.393 e. The summed E-state index contributed by atoms with van der Waals surface area (Å²) in [4.78, 5) is 12.7. The second-order valence-corrected chi connectivity index (χ2v) is 7.04. The van der Waals surface area contributed by atoms with Gasteiger partial charge in [-0.15, -0.1) is 0 Å². The van der Waals surface area contributed by atoms with E-state index in [-0.39, 0.29) is 17.6 Å². The van der Waals surface area contributed by atoms with E-state index in [2.05, 4.69) is 5.32 Å². The van der Waals surface area contributed by atoms with Gasteiger partial charge in [0.05, 0.1) is 11.5 Å². The number of benzene rings is 2. The lowest BCUT2D eigenvalue weighted by atomic mass is 9.83. The van der Waals surface area contributed by atoms with Crippen LogP contribution >= 0.6 is 0 Å². The fourth-order valence-corrected chi connectivity index (χ4v) is 2.92. The molecule has 134 valence electrons. The minimum absolute atomic E-state index is 0.0217. The number of carbonyl (C=O) groups excluding carboxylic acids is 1. The average molecular weight is 343 g/mol. The van der Waals surface area contributed by atoms with Crippen molar-refractivity contribution in [3.8, 4) is 0 Å². The number of rotatable bonds is 7. The summed E-state index contributed by atoms with van der Waals surface area (Å²) in [6.07, 6.45) is 0.100. The predicted molar refractivity (Wildman–Crippen MR) is 97.9 cm³/mol. The van der Waals surface area contributed by atoms with Crippen LogP contribution in [0.4, 0.5) is 4.39 Å². The molecule has 25 heavy (non-hydrogen) atoms. The van der Waals surface area contributed by atoms with Crippen molar-refractivity contribution in [2.45, 2.75) is 44.6 Å². The summed E-state index contributed by atoms with van der Waals surface area (Å²) in [6, 6.07) is 16.0. The smallest absolute Gasteiger partial charge is 0.230 e. The van der Waals surface area contributed by atoms with Crippen LogP contribution in [0.5, 0.6) is 0 Å². The van der Waals surface area contributed by atoms with E-state index < -0.39 is 11.5 Å². The van der Waals surface area contributed by atoms with Gasteiger partial charge in [-0.3, -0.25) is 4.79 Å². The molecule has 0 radical (unpaired) electrons. The Hall–Kier alpha value is -2.20. The number of aliphatic hydroxyl groups excluding tert-OH is 1. The minimum atomic E-state index is -0.839. The van der Waals surface area contributed by atoms with Crippen molar-refractivity contribution in [1.29, 1.82) is 0 Å². The van der Waals surface area contributed by atoms with Crippen LogP contribution in [0.1, 0.15) is 44.2 Å². The van der Waals surface area contributed by atoms with Gasteiger partial charge < -0.3 is 10.4 Å². The maximum atomic E-state index is 13.5. The molecular formula is C21H26FNO2. The summed E-state index contributed by atoms with van der Waals surface area (Å²) in [5.74, 6) is -0.493. The molecule has 2 atom stereocenters. The topological polar surface area (TPSA) is 49.3 Å². The third-order valence-corrected chi connectivity index (χ3v) is 4.52. The van der Waals surface area contributed by atoms with Crippen molar-refractivity contribution in [3.63, 3.8) is 0 Å². The first kappa shape index (κ1) is 19.1. The van der Waals surface area contributed by atoms with Gasteiger partial charge in [-0.25, -0.2) is 4.39 Å². The van der Waals surface area contributed by atoms with Crippen LogP contribution in [0.15, 0.2) is 54.6 Å². The molecule has 0 saturated carbocycles. The number of halogens is 1. The van der Waals surface area contributed by atoms with Crippen molar-refractivity contribution >= 4 is 5.91 Å². The van der Waals surface area contributed by atoms with Gasteiger partial charge in [-0.1, -0.05) is 42.5 Å². The molecule has 2 unspecified atom stereocenters. The number of nitrogens with one attached hydrogen (secondary N) is 1. The first-order valence-corrected chi connectivity index (χ1v) is 8.58. The van der Waals surface area contributed by atoms with Crippen molar-refractivity contribution in [1.82, 2.24) is 5.32 Å². The normalized spacial score (nSPS) is 14.0. The zero-order valence-corrected chi connectivity index (χ0v) is 15.0. The molecule has 0 aromatic heterocycles. The lowest BCUT2D eigenvalue weighted by Gasteiger charge is -2.26. The highest BCUT2D eigenvalue weighted by atomic mass is 19.1. The van der Waals surface area contributed by atoms with Gasteiger partial charge in [0.15, 0.2) is 0 Å². The SMILES string of the molecule is CC(O)CC(CNC(=O)C(C)(C)c1cccc(F)c1)c1ccccc1. The first-order valence-electron chi connectivity index (χ1n) is 8.58. The number of hydrogen-bond donors (Lipinski definition) is 2. The van der Waals surface area contributed by atoms with Crippen molar-refractivity contribution in [2.24, 2.45) is 0 Å². The Morgan fingerprint density at radius 2 is 1.84 bits per heavy atom. The van der Waals surface area contributed by atoms with Gasteiger partial charge >= 0.3 is 0 Å². The molecule has 0 heterocycles. The molecule has 1 amide bonds. The molecule has 4 heteroatoms. The van der Waals surface area contributed by atoms with Crippen LogP contribution in [0, 0.1) is 5.82 Å². The first-order chi connectivity index (χ1) is 11.8. The Labute approximate surface area is 148 Å². The monoisotopic (exact) mass is 343 g/mol. The Kier molecular flexibility index (Phi) is 6.32. The summed E-state index contributed by atoms with van der Waals surface area (Å²) < 4.78 is 13.5. The highest BCUT2D eigenvalue weighted by molar-refractivity contribution is 5.87. The molecule has 0 saturated heterocycles. The van der Waals surface area contributed by atoms with Gasteiger partial charge in [0.1, 0.15) is 5.82 Å². The van der Waals surface area contributed by atoms with Crippen LogP contribution < -0.4 is 5.32 Å². The summed E-state index contributed by atoms with van der Waals surface area (Å²) in [5.41, 5.74) is 0.873. The molecular weight excluding hydrogens is 317 g/mol. The molecule has 2 aromatic rings. The Balaban J connectivity index is 2.10. The molecule has 2 rings (SSSR count). The molecule has 0 fully saturated rings. The van der Waals surface area contributed by atoms with E-state index in [1.54, 1.807) is 32.9 Å². The average Bonchev–Trinajstić information content (AvgIpc) is 2.58. The van der Waals surface area contributed by atoms with E-state index in [1.165, 1.54) is 12.1 Å². The summed E-state index contributed by atoms with van der Waals surface area (Å²) in [7, 11) is 0. The fourth-order valence-electron chi connectivity index (χ4n) is 2.92. The largest absolute Gasteiger partial charge is 0.393 e. The highest BCUT2D eigenvalue weighted by Crippen LogP contribution is 2.25. The van der Waals surface area contributed by atoms with Gasteiger partial charge in [0.25, 0.3) is 0 Å². The maximum Gasteiger partial charge on any atom is 0.230 e. The van der Waals surface area contributed by atoms with E-state index in [0.29, 0.717) is 18.5 Å². The number of carbonyl (C=O) groups is 1. The highest BCUT2D eigenvalue weighted by Gasteiger charge is 2.30. The van der Waals surface area contributed by atoms with E-state index in [1.807, 2.05) is 30.3 Å². The molecule has 0 bridgehead atoms. The summed E-state index contributed by atoms with van der Waals surface area (Å²) in [6.45, 7) is 5.73. The maximum absolute atomic E-state index is 13.5. The standard InChI is InChI=1S/C21H26FNO2/c1-15(24)12-17(16-8-5-4-6-9-16)14-23-20(25)21(2,3)18-10-7-11-19(22)13-18/h4-11,13,15,17,24H,12,14H2,1-3H3,(H,23,25). The molecule has 0 aliphatic heterocycles. The second kappa shape index (κ2) is 8.26. The molecule has 0 aliphatic rings. The van der Waals surface area contributed by atoms with Crippen molar-refractivity contribution < 1.29 is 14.3 Å². The number of amides is 1. The van der Waals surface area contributed by atoms with E-state index in [0.717, 1.165) is 5.56 Å². The van der Waals surface area contributed by atoms with Crippen molar-refractivity contribution in [2.75, 3.05) is 6.54 Å². The zero-order chi connectivity index (χ0) is 18.4. The van der Waals surface area contributed by atoms with E-state index in [4.69, 9.17) is 0 Å². The van der Waals surface area contributed by atoms with Gasteiger partial charge in [-0.05, 0) is 50.5 Å². The number of hydrogen-bond acceptors (Lipinski definition) is 2. The quantitative estimate of drug-likeness (QED) is 0.804. The third-order valence-electron chi connectivity index (χ3n) is 4.52. The second-order valence-electron chi connectivity index (χ2n) is 7.04. The lowest BCUT2D eigenvalue weighted by Crippen LogP contribution is -2.42. The Morgan fingerprint density at radius 1 is 1.16 bits per heavy atom. The van der Waals surface area contributed by atoms with Crippen LogP contribution in [-0.4, -0.2) is 23.7 Å². The molecule has 0 spiro atoms. The number of aliphatic hydroxyl groups is 1. The van der Waals surface area contributed by atoms with Gasteiger partial charge in [0, 0.05) is 12.5 Å². The predicted octanol–water partition coefficient (Wildman–Crippen LogP) is 3.77. The van der Waals surface area contributed by atoms with E-state index in [9.17, 15) is 14.3 Å². The molecule has 2 aromatic carbocycles. The summed E-state index contributed by atoms with van der Waals surface area (Å²) >= 11 is 0. The Bertz CT molecular complexity index is 698. The molecule has 2 N–H and O–H groups in total. The van der Waals surface area contributed by atoms with Crippen molar-refractivity contribution in [3.05, 3.63) is 71.5 Å². The van der Waals surface area contributed by atoms with Crippen LogP contribution in [-0.2, 0) is 10.2 Å². The summed E-state index contributed by atoms with van der Waals surface area (Å²) in [5, 5.41) is 12.7. The fraction of sp³-hybridized carbons (Fsp3) is 0.381. The zero-order valence-electron chi connectivity index (χ0n) is 15.0. The molecule has 0 aliphatic carbocycles. The van der Waals surface area contributed by atoms with Gasteiger partial charge in [-0.2, -0.15) is 0 Å². The lowest BCUT2D eigenvalue weighted by molar-refractivity contribution is -0.125. The van der Waals surface area contributed by atoms with Gasteiger partial charge in [0.2, 0.25) is 5.91 Å². The van der Waals surface area contributed by atoms with Crippen LogP contribution in [0.2, 0.25) is 0 Å². The van der Waals surface area contributed by atoms with Crippen LogP contribution in [0.3, 0.4) is 0 Å².